The molecule has 0 fully saturated rings. The molecule has 0 radical (unpaired) electrons. The Bertz CT molecular complexity index is 297. The molecule has 0 aromatic heterocycles. The lowest BCUT2D eigenvalue weighted by atomic mass is 9.95. The van der Waals surface area contributed by atoms with Crippen LogP contribution < -0.4 is 0 Å². The zero-order chi connectivity index (χ0) is 12.7. The Morgan fingerprint density at radius 2 is 1.24 bits per heavy atom. The van der Waals surface area contributed by atoms with Crippen LogP contribution in [0.5, 0.6) is 0 Å². The van der Waals surface area contributed by atoms with Crippen molar-refractivity contribution in [1.82, 2.24) is 0 Å². The van der Waals surface area contributed by atoms with Crippen molar-refractivity contribution in [2.75, 3.05) is 7.11 Å². The Morgan fingerprint density at radius 3 is 1.82 bits per heavy atom. The standard InChI is InChI=1S/C16H28O/c1-13-11-9-7-5-6-8-10-12-16(17-4)15(3)14(13)2/h5-12H2,1-4H3. The van der Waals surface area contributed by atoms with Crippen molar-refractivity contribution >= 4 is 0 Å². The molecule has 0 aromatic carbocycles. The monoisotopic (exact) mass is 236 g/mol. The number of allylic oxidation sites excluding steroid dienone is 4. The molecule has 1 heteroatoms. The van der Waals surface area contributed by atoms with Crippen LogP contribution >= 0.6 is 0 Å². The van der Waals surface area contributed by atoms with E-state index in [0.29, 0.717) is 0 Å². The molecule has 0 saturated carbocycles. The van der Waals surface area contributed by atoms with Gasteiger partial charge in [0.05, 0.1) is 12.9 Å². The van der Waals surface area contributed by atoms with Gasteiger partial charge in [-0.25, -0.2) is 0 Å². The summed E-state index contributed by atoms with van der Waals surface area (Å²) in [5.74, 6) is 1.20. The highest BCUT2D eigenvalue weighted by atomic mass is 16.5. The zero-order valence-corrected chi connectivity index (χ0v) is 12.1. The lowest BCUT2D eigenvalue weighted by molar-refractivity contribution is 0.269. The molecule has 0 bridgehead atoms. The van der Waals surface area contributed by atoms with Crippen LogP contribution in [-0.4, -0.2) is 7.11 Å². The van der Waals surface area contributed by atoms with Crippen LogP contribution in [0.25, 0.3) is 0 Å². The summed E-state index contributed by atoms with van der Waals surface area (Å²) < 4.78 is 5.57. The smallest absolute Gasteiger partial charge is 0.0987 e. The highest BCUT2D eigenvalue weighted by molar-refractivity contribution is 5.33. The van der Waals surface area contributed by atoms with Crippen molar-refractivity contribution in [3.8, 4) is 0 Å². The van der Waals surface area contributed by atoms with E-state index >= 15 is 0 Å². The van der Waals surface area contributed by atoms with E-state index < -0.39 is 0 Å². The number of methoxy groups -OCH3 is 1. The maximum atomic E-state index is 5.57. The molecule has 0 aromatic rings. The van der Waals surface area contributed by atoms with Crippen molar-refractivity contribution in [2.24, 2.45) is 0 Å². The molecule has 0 unspecified atom stereocenters. The van der Waals surface area contributed by atoms with Gasteiger partial charge in [0.2, 0.25) is 0 Å². The lowest BCUT2D eigenvalue weighted by Crippen LogP contribution is -1.98. The Labute approximate surface area is 107 Å². The second-order valence-corrected chi connectivity index (χ2v) is 5.28. The number of hydrogen-bond acceptors (Lipinski definition) is 1. The summed E-state index contributed by atoms with van der Waals surface area (Å²) in [6.07, 6.45) is 10.5. The highest BCUT2D eigenvalue weighted by Crippen LogP contribution is 2.25. The van der Waals surface area contributed by atoms with E-state index in [0.717, 1.165) is 6.42 Å². The van der Waals surface area contributed by atoms with Crippen molar-refractivity contribution in [1.29, 1.82) is 0 Å². The first kappa shape index (κ1) is 14.3. The maximum Gasteiger partial charge on any atom is 0.0987 e. The van der Waals surface area contributed by atoms with Crippen molar-refractivity contribution in [2.45, 2.75) is 72.1 Å². The van der Waals surface area contributed by atoms with E-state index in [1.54, 1.807) is 0 Å². The SMILES string of the molecule is COC1=C(C)C(C)=C(C)CCCCCCCC1. The summed E-state index contributed by atoms with van der Waals surface area (Å²) in [4.78, 5) is 0. The van der Waals surface area contributed by atoms with Crippen LogP contribution in [0.3, 0.4) is 0 Å². The third-order valence-electron chi connectivity index (χ3n) is 4.07. The molecule has 0 heterocycles. The van der Waals surface area contributed by atoms with E-state index in [9.17, 15) is 0 Å². The second-order valence-electron chi connectivity index (χ2n) is 5.28. The van der Waals surface area contributed by atoms with Crippen molar-refractivity contribution in [3.63, 3.8) is 0 Å². The Morgan fingerprint density at radius 1 is 0.706 bits per heavy atom. The first-order chi connectivity index (χ1) is 8.16. The fraction of sp³-hybridized carbons (Fsp3) is 0.750. The van der Waals surface area contributed by atoms with Gasteiger partial charge in [0, 0.05) is 6.42 Å². The van der Waals surface area contributed by atoms with E-state index in [2.05, 4.69) is 20.8 Å². The van der Waals surface area contributed by atoms with E-state index in [1.165, 1.54) is 67.4 Å². The zero-order valence-electron chi connectivity index (χ0n) is 12.1. The number of ether oxygens (including phenoxy) is 1. The molecule has 0 aliphatic heterocycles. The summed E-state index contributed by atoms with van der Waals surface area (Å²) in [6, 6.07) is 0. The Hall–Kier alpha value is -0.720. The second kappa shape index (κ2) is 7.58. The van der Waals surface area contributed by atoms with Gasteiger partial charge < -0.3 is 4.74 Å². The predicted octanol–water partition coefficient (Wildman–Crippen LogP) is 5.38. The molecular formula is C16H28O. The molecule has 1 nitrogen and oxygen atoms in total. The van der Waals surface area contributed by atoms with Crippen molar-refractivity contribution in [3.05, 3.63) is 22.5 Å². The molecule has 98 valence electrons. The average molecular weight is 236 g/mol. The molecule has 0 N–H and O–H groups in total. The first-order valence-corrected chi connectivity index (χ1v) is 7.07. The van der Waals surface area contributed by atoms with Gasteiger partial charge in [0.1, 0.15) is 0 Å². The van der Waals surface area contributed by atoms with Crippen molar-refractivity contribution < 1.29 is 4.74 Å². The van der Waals surface area contributed by atoms with E-state index in [-0.39, 0.29) is 0 Å². The lowest BCUT2D eigenvalue weighted by Gasteiger charge is -2.15. The van der Waals surface area contributed by atoms with Crippen LogP contribution in [0.4, 0.5) is 0 Å². The molecule has 0 saturated heterocycles. The van der Waals surface area contributed by atoms with Gasteiger partial charge in [-0.2, -0.15) is 0 Å². The first-order valence-electron chi connectivity index (χ1n) is 7.07. The summed E-state index contributed by atoms with van der Waals surface area (Å²) >= 11 is 0. The minimum atomic E-state index is 1.10. The van der Waals surface area contributed by atoms with Gasteiger partial charge in [-0.3, -0.25) is 0 Å². The average Bonchev–Trinajstić information content (AvgIpc) is 2.34. The topological polar surface area (TPSA) is 9.23 Å². The number of rotatable bonds is 1. The fourth-order valence-electron chi connectivity index (χ4n) is 2.54. The van der Waals surface area contributed by atoms with Crippen LogP contribution in [0.1, 0.15) is 72.1 Å². The largest absolute Gasteiger partial charge is 0.501 e. The summed E-state index contributed by atoms with van der Waals surface area (Å²) in [6.45, 7) is 6.73. The Balaban J connectivity index is 2.88. The van der Waals surface area contributed by atoms with Gasteiger partial charge in [0.25, 0.3) is 0 Å². The van der Waals surface area contributed by atoms with Crippen LogP contribution in [0.2, 0.25) is 0 Å². The number of hydrogen-bond donors (Lipinski definition) is 0. The van der Waals surface area contributed by atoms with Gasteiger partial charge in [-0.15, -0.1) is 0 Å². The quantitative estimate of drug-likeness (QED) is 0.594. The van der Waals surface area contributed by atoms with Gasteiger partial charge in [0.15, 0.2) is 0 Å². The maximum absolute atomic E-state index is 5.57. The fourth-order valence-corrected chi connectivity index (χ4v) is 2.54. The molecule has 0 spiro atoms. The third kappa shape index (κ3) is 4.57. The molecule has 1 rings (SSSR count). The van der Waals surface area contributed by atoms with Crippen LogP contribution in [-0.2, 0) is 4.74 Å². The highest BCUT2D eigenvalue weighted by Gasteiger charge is 2.08. The summed E-state index contributed by atoms with van der Waals surface area (Å²) in [5.41, 5.74) is 4.35. The minimum absolute atomic E-state index is 1.10. The molecular weight excluding hydrogens is 208 g/mol. The van der Waals surface area contributed by atoms with Gasteiger partial charge >= 0.3 is 0 Å². The van der Waals surface area contributed by atoms with Gasteiger partial charge in [-0.1, -0.05) is 31.3 Å². The third-order valence-corrected chi connectivity index (χ3v) is 4.07. The van der Waals surface area contributed by atoms with Crippen LogP contribution in [0.15, 0.2) is 22.5 Å². The van der Waals surface area contributed by atoms with Gasteiger partial charge in [-0.05, 0) is 51.2 Å². The molecule has 1 aliphatic carbocycles. The molecule has 0 amide bonds. The van der Waals surface area contributed by atoms with E-state index in [1.807, 2.05) is 7.11 Å². The molecule has 1 aliphatic rings. The van der Waals surface area contributed by atoms with E-state index in [4.69, 9.17) is 4.74 Å². The summed E-state index contributed by atoms with van der Waals surface area (Å²) in [5, 5.41) is 0. The molecule has 17 heavy (non-hydrogen) atoms. The Kier molecular flexibility index (Phi) is 6.39. The molecule has 0 atom stereocenters. The minimum Gasteiger partial charge on any atom is -0.501 e. The predicted molar refractivity (Wildman–Crippen MR) is 75.0 cm³/mol. The summed E-state index contributed by atoms with van der Waals surface area (Å²) in [7, 11) is 1.81. The normalized spacial score (nSPS) is 20.9. The van der Waals surface area contributed by atoms with Crippen LogP contribution in [0, 0.1) is 0 Å².